The lowest BCUT2D eigenvalue weighted by Crippen LogP contribution is -2.08. The normalized spacial score (nSPS) is 11.6. The van der Waals surface area contributed by atoms with Gasteiger partial charge in [-0.2, -0.15) is 8.42 Å². The van der Waals surface area contributed by atoms with Crippen LogP contribution in [0.15, 0.2) is 47.4 Å². The molecule has 0 aliphatic rings. The minimum absolute atomic E-state index is 0.121. The minimum atomic E-state index is -3.69. The maximum absolute atomic E-state index is 12.0. The molecule has 2 aromatic carbocycles. The number of hydrogen-bond acceptors (Lipinski definition) is 3. The van der Waals surface area contributed by atoms with Crippen LogP contribution in [0.1, 0.15) is 17.5 Å². The number of hydrogen-bond donors (Lipinski definition) is 0. The van der Waals surface area contributed by atoms with E-state index in [9.17, 15) is 8.42 Å². The lowest BCUT2D eigenvalue weighted by Gasteiger charge is -2.07. The van der Waals surface area contributed by atoms with Crippen LogP contribution in [0.25, 0.3) is 0 Å². The molecule has 0 atom stereocenters. The SMILES string of the molecule is Cc1ccc(S(=O)(=O)OCCCc2ccc(Cl)c(Cl)c2)cc1. The second-order valence-corrected chi connectivity index (χ2v) is 7.37. The summed E-state index contributed by atoms with van der Waals surface area (Å²) in [6, 6.07) is 11.9. The van der Waals surface area contributed by atoms with E-state index in [-0.39, 0.29) is 11.5 Å². The third-order valence-corrected chi connectivity index (χ3v) is 5.21. The smallest absolute Gasteiger partial charge is 0.266 e. The van der Waals surface area contributed by atoms with Crippen LogP contribution in [0.4, 0.5) is 0 Å². The van der Waals surface area contributed by atoms with Gasteiger partial charge in [-0.25, -0.2) is 0 Å². The van der Waals surface area contributed by atoms with E-state index in [1.807, 2.05) is 13.0 Å². The zero-order valence-electron chi connectivity index (χ0n) is 12.1. The van der Waals surface area contributed by atoms with Gasteiger partial charge in [-0.1, -0.05) is 47.0 Å². The second kappa shape index (κ2) is 7.47. The molecule has 0 aliphatic carbocycles. The molecule has 0 radical (unpaired) electrons. The number of benzene rings is 2. The van der Waals surface area contributed by atoms with Gasteiger partial charge in [0.2, 0.25) is 0 Å². The third-order valence-electron chi connectivity index (χ3n) is 3.14. The standard InChI is InChI=1S/C16H16Cl2O3S/c1-12-4-7-14(8-5-12)22(19,20)21-10-2-3-13-6-9-15(17)16(18)11-13/h4-9,11H,2-3,10H2,1H3. The van der Waals surface area contributed by atoms with E-state index in [1.54, 1.807) is 36.4 Å². The first-order valence-corrected chi connectivity index (χ1v) is 8.95. The van der Waals surface area contributed by atoms with E-state index >= 15 is 0 Å². The van der Waals surface area contributed by atoms with Gasteiger partial charge in [0.05, 0.1) is 21.5 Å². The van der Waals surface area contributed by atoms with Crippen LogP contribution in [-0.4, -0.2) is 15.0 Å². The summed E-state index contributed by atoms with van der Waals surface area (Å²) in [6.45, 7) is 2.02. The Morgan fingerprint density at radius 2 is 1.68 bits per heavy atom. The number of rotatable bonds is 6. The first-order chi connectivity index (χ1) is 10.4. The van der Waals surface area contributed by atoms with Crippen molar-refractivity contribution < 1.29 is 12.6 Å². The monoisotopic (exact) mass is 358 g/mol. The summed E-state index contributed by atoms with van der Waals surface area (Å²) in [5.41, 5.74) is 1.99. The van der Waals surface area contributed by atoms with E-state index in [4.69, 9.17) is 27.4 Å². The molecule has 0 aromatic heterocycles. The Balaban J connectivity index is 1.87. The van der Waals surface area contributed by atoms with Crippen LogP contribution in [0.5, 0.6) is 0 Å². The summed E-state index contributed by atoms with van der Waals surface area (Å²) in [4.78, 5) is 0.174. The molecular weight excluding hydrogens is 343 g/mol. The second-order valence-electron chi connectivity index (χ2n) is 4.94. The molecule has 3 nitrogen and oxygen atoms in total. The highest BCUT2D eigenvalue weighted by molar-refractivity contribution is 7.86. The molecule has 118 valence electrons. The van der Waals surface area contributed by atoms with E-state index in [2.05, 4.69) is 0 Å². The van der Waals surface area contributed by atoms with Crippen molar-refractivity contribution in [1.29, 1.82) is 0 Å². The largest absolute Gasteiger partial charge is 0.296 e. The predicted octanol–water partition coefficient (Wildman–Crippen LogP) is 4.64. The Morgan fingerprint density at radius 1 is 1.00 bits per heavy atom. The van der Waals surface area contributed by atoms with Crippen molar-refractivity contribution >= 4 is 33.3 Å². The first-order valence-electron chi connectivity index (χ1n) is 6.78. The molecule has 0 saturated carbocycles. The molecule has 2 rings (SSSR count). The fourth-order valence-electron chi connectivity index (χ4n) is 1.91. The molecule has 0 unspecified atom stereocenters. The topological polar surface area (TPSA) is 43.4 Å². The van der Waals surface area contributed by atoms with E-state index < -0.39 is 10.1 Å². The average molecular weight is 359 g/mol. The van der Waals surface area contributed by atoms with Gasteiger partial charge in [0.1, 0.15) is 0 Å². The minimum Gasteiger partial charge on any atom is -0.266 e. The highest BCUT2D eigenvalue weighted by atomic mass is 35.5. The van der Waals surface area contributed by atoms with Gasteiger partial charge in [0, 0.05) is 0 Å². The van der Waals surface area contributed by atoms with Crippen LogP contribution < -0.4 is 0 Å². The number of halogens is 2. The lowest BCUT2D eigenvalue weighted by atomic mass is 10.1. The summed E-state index contributed by atoms with van der Waals surface area (Å²) in [5.74, 6) is 0. The summed E-state index contributed by atoms with van der Waals surface area (Å²) in [5, 5.41) is 0.996. The summed E-state index contributed by atoms with van der Waals surface area (Å²) in [7, 11) is -3.69. The molecule has 0 heterocycles. The van der Waals surface area contributed by atoms with E-state index in [0.29, 0.717) is 22.9 Å². The summed E-state index contributed by atoms with van der Waals surface area (Å²) >= 11 is 11.8. The zero-order valence-corrected chi connectivity index (χ0v) is 14.4. The Morgan fingerprint density at radius 3 is 2.32 bits per heavy atom. The first kappa shape index (κ1) is 17.3. The maximum Gasteiger partial charge on any atom is 0.296 e. The molecule has 0 bridgehead atoms. The van der Waals surface area contributed by atoms with Gasteiger partial charge in [0.25, 0.3) is 10.1 Å². The quantitative estimate of drug-likeness (QED) is 0.557. The summed E-state index contributed by atoms with van der Waals surface area (Å²) in [6.07, 6.45) is 1.24. The van der Waals surface area contributed by atoms with Crippen molar-refractivity contribution in [3.05, 3.63) is 63.6 Å². The van der Waals surface area contributed by atoms with Gasteiger partial charge in [-0.15, -0.1) is 0 Å². The molecule has 0 fully saturated rings. The van der Waals surface area contributed by atoms with Crippen LogP contribution in [-0.2, 0) is 20.7 Å². The van der Waals surface area contributed by atoms with Crippen LogP contribution in [0.2, 0.25) is 10.0 Å². The molecule has 0 amide bonds. The Kier molecular flexibility index (Phi) is 5.87. The fourth-order valence-corrected chi connectivity index (χ4v) is 3.18. The third kappa shape index (κ3) is 4.71. The Labute approximate surface area is 141 Å². The zero-order chi connectivity index (χ0) is 16.2. The van der Waals surface area contributed by atoms with Gasteiger partial charge in [0.15, 0.2) is 0 Å². The van der Waals surface area contributed by atoms with Crippen LogP contribution >= 0.6 is 23.2 Å². The van der Waals surface area contributed by atoms with Crippen molar-refractivity contribution in [3.8, 4) is 0 Å². The molecular formula is C16H16Cl2O3S. The molecule has 2 aromatic rings. The van der Waals surface area contributed by atoms with Crippen molar-refractivity contribution in [1.82, 2.24) is 0 Å². The predicted molar refractivity (Wildman–Crippen MR) is 89.1 cm³/mol. The van der Waals surface area contributed by atoms with Crippen molar-refractivity contribution in [2.24, 2.45) is 0 Å². The van der Waals surface area contributed by atoms with Crippen molar-refractivity contribution in [2.75, 3.05) is 6.61 Å². The van der Waals surface area contributed by atoms with E-state index in [0.717, 1.165) is 11.1 Å². The van der Waals surface area contributed by atoms with Gasteiger partial charge >= 0.3 is 0 Å². The van der Waals surface area contributed by atoms with E-state index in [1.165, 1.54) is 0 Å². The van der Waals surface area contributed by atoms with Crippen molar-refractivity contribution in [2.45, 2.75) is 24.7 Å². The Hall–Kier alpha value is -1.07. The van der Waals surface area contributed by atoms with Gasteiger partial charge in [-0.3, -0.25) is 4.18 Å². The van der Waals surface area contributed by atoms with Gasteiger partial charge < -0.3 is 0 Å². The molecule has 22 heavy (non-hydrogen) atoms. The molecule has 0 spiro atoms. The van der Waals surface area contributed by atoms with Gasteiger partial charge in [-0.05, 0) is 49.6 Å². The molecule has 0 aliphatic heterocycles. The fraction of sp³-hybridized carbons (Fsp3) is 0.250. The molecule has 0 N–H and O–H groups in total. The Bertz CT molecular complexity index is 740. The number of aryl methyl sites for hydroxylation is 2. The molecule has 6 heteroatoms. The van der Waals surface area contributed by atoms with Crippen LogP contribution in [0, 0.1) is 6.92 Å². The highest BCUT2D eigenvalue weighted by Gasteiger charge is 2.14. The highest BCUT2D eigenvalue weighted by Crippen LogP contribution is 2.23. The summed E-state index contributed by atoms with van der Waals surface area (Å²) < 4.78 is 29.0. The average Bonchev–Trinajstić information content (AvgIpc) is 2.48. The lowest BCUT2D eigenvalue weighted by molar-refractivity contribution is 0.312. The molecule has 0 saturated heterocycles. The van der Waals surface area contributed by atoms with Crippen LogP contribution in [0.3, 0.4) is 0 Å². The maximum atomic E-state index is 12.0. The van der Waals surface area contributed by atoms with Crippen molar-refractivity contribution in [3.63, 3.8) is 0 Å².